The normalized spacial score (nSPS) is 12.9. The summed E-state index contributed by atoms with van der Waals surface area (Å²) in [5, 5.41) is 12.6. The first-order valence-corrected chi connectivity index (χ1v) is 6.39. The Balaban J connectivity index is 2.20. The van der Waals surface area contributed by atoms with E-state index < -0.39 is 17.7 Å². The molecule has 108 valence electrons. The number of aliphatic hydroxyl groups is 1. The molecule has 0 amide bonds. The molecule has 0 radical (unpaired) electrons. The molecule has 0 aliphatic carbocycles. The van der Waals surface area contributed by atoms with Gasteiger partial charge in [-0.3, -0.25) is 0 Å². The van der Waals surface area contributed by atoms with Crippen molar-refractivity contribution in [2.24, 2.45) is 5.92 Å². The number of halogens is 2. The van der Waals surface area contributed by atoms with E-state index >= 15 is 0 Å². The second-order valence-corrected chi connectivity index (χ2v) is 4.96. The summed E-state index contributed by atoms with van der Waals surface area (Å²) in [6, 6.07) is 3.74. The second kappa shape index (κ2) is 8.19. The van der Waals surface area contributed by atoms with Gasteiger partial charge in [0.2, 0.25) is 0 Å². The third-order valence-corrected chi connectivity index (χ3v) is 2.45. The second-order valence-electron chi connectivity index (χ2n) is 4.96. The van der Waals surface area contributed by atoms with E-state index in [2.05, 4.69) is 5.32 Å². The molecule has 19 heavy (non-hydrogen) atoms. The molecule has 3 nitrogen and oxygen atoms in total. The van der Waals surface area contributed by atoms with Gasteiger partial charge in [-0.2, -0.15) is 0 Å². The van der Waals surface area contributed by atoms with Crippen LogP contribution in [0.5, 0.6) is 0 Å². The van der Waals surface area contributed by atoms with E-state index in [1.165, 1.54) is 6.07 Å². The predicted molar refractivity (Wildman–Crippen MR) is 69.7 cm³/mol. The lowest BCUT2D eigenvalue weighted by Crippen LogP contribution is -2.30. The molecule has 1 atom stereocenters. The molecule has 0 aliphatic rings. The molecule has 2 N–H and O–H groups in total. The van der Waals surface area contributed by atoms with E-state index in [-0.39, 0.29) is 6.61 Å². The molecular weight excluding hydrogens is 252 g/mol. The minimum absolute atomic E-state index is 0.267. The first kappa shape index (κ1) is 16.0. The first-order valence-electron chi connectivity index (χ1n) is 6.39. The van der Waals surface area contributed by atoms with Gasteiger partial charge in [0.25, 0.3) is 0 Å². The van der Waals surface area contributed by atoms with Gasteiger partial charge in [0, 0.05) is 19.7 Å². The Labute approximate surface area is 112 Å². The predicted octanol–water partition coefficient (Wildman–Crippen LogP) is 2.09. The van der Waals surface area contributed by atoms with Gasteiger partial charge in [0.15, 0.2) is 11.6 Å². The van der Waals surface area contributed by atoms with Gasteiger partial charge >= 0.3 is 0 Å². The molecule has 0 aromatic heterocycles. The van der Waals surface area contributed by atoms with Crippen molar-refractivity contribution in [3.8, 4) is 0 Å². The molecule has 0 aliphatic heterocycles. The van der Waals surface area contributed by atoms with Crippen LogP contribution in [0.3, 0.4) is 0 Å². The summed E-state index contributed by atoms with van der Waals surface area (Å²) in [6.07, 6.45) is -0.607. The van der Waals surface area contributed by atoms with E-state index in [9.17, 15) is 13.9 Å². The summed E-state index contributed by atoms with van der Waals surface area (Å²) in [5.41, 5.74) is 0.634. The van der Waals surface area contributed by atoms with Crippen LogP contribution in [0.25, 0.3) is 0 Å². The van der Waals surface area contributed by atoms with Crippen LogP contribution >= 0.6 is 0 Å². The molecule has 5 heteroatoms. The minimum Gasteiger partial charge on any atom is -0.389 e. The van der Waals surface area contributed by atoms with Crippen LogP contribution in [0.4, 0.5) is 8.78 Å². The van der Waals surface area contributed by atoms with Crippen molar-refractivity contribution in [2.45, 2.75) is 26.5 Å². The van der Waals surface area contributed by atoms with Gasteiger partial charge in [-0.15, -0.1) is 0 Å². The van der Waals surface area contributed by atoms with Crippen LogP contribution in [0.1, 0.15) is 19.4 Å². The van der Waals surface area contributed by atoms with Crippen molar-refractivity contribution in [3.05, 3.63) is 35.4 Å². The SMILES string of the molecule is CC(C)COCC(O)CNCc1ccc(F)c(F)c1. The molecular formula is C14H21F2NO2. The third-order valence-electron chi connectivity index (χ3n) is 2.45. The lowest BCUT2D eigenvalue weighted by atomic mass is 10.2. The molecule has 1 unspecified atom stereocenters. The highest BCUT2D eigenvalue weighted by Gasteiger charge is 2.06. The first-order chi connectivity index (χ1) is 8.99. The summed E-state index contributed by atoms with van der Waals surface area (Å²) in [5.74, 6) is -1.28. The van der Waals surface area contributed by atoms with Crippen molar-refractivity contribution in [2.75, 3.05) is 19.8 Å². The number of nitrogens with one attached hydrogen (secondary N) is 1. The summed E-state index contributed by atoms with van der Waals surface area (Å²) >= 11 is 0. The van der Waals surface area contributed by atoms with Crippen molar-refractivity contribution in [1.82, 2.24) is 5.32 Å². The highest BCUT2D eigenvalue weighted by Crippen LogP contribution is 2.08. The van der Waals surface area contributed by atoms with Gasteiger partial charge in [0.05, 0.1) is 12.7 Å². The minimum atomic E-state index is -0.861. The van der Waals surface area contributed by atoms with E-state index in [0.29, 0.717) is 31.2 Å². The molecule has 1 aromatic carbocycles. The van der Waals surface area contributed by atoms with Crippen LogP contribution in [-0.4, -0.2) is 31.0 Å². The van der Waals surface area contributed by atoms with Crippen LogP contribution in [-0.2, 0) is 11.3 Å². The Morgan fingerprint density at radius 3 is 2.58 bits per heavy atom. The number of hydrogen-bond acceptors (Lipinski definition) is 3. The maximum atomic E-state index is 12.9. The number of ether oxygens (including phenoxy) is 1. The van der Waals surface area contributed by atoms with Gasteiger partial charge in [-0.05, 0) is 23.6 Å². The molecule has 0 heterocycles. The summed E-state index contributed by atoms with van der Waals surface area (Å²) in [6.45, 7) is 5.67. The fourth-order valence-electron chi connectivity index (χ4n) is 1.53. The van der Waals surface area contributed by atoms with Crippen molar-refractivity contribution in [1.29, 1.82) is 0 Å². The molecule has 0 saturated carbocycles. The van der Waals surface area contributed by atoms with E-state index in [1.807, 2.05) is 13.8 Å². The highest BCUT2D eigenvalue weighted by molar-refractivity contribution is 5.17. The summed E-state index contributed by atoms with van der Waals surface area (Å²) in [7, 11) is 0. The largest absolute Gasteiger partial charge is 0.389 e. The standard InChI is InChI=1S/C14H21F2NO2/c1-10(2)8-19-9-12(18)7-17-6-11-3-4-13(15)14(16)5-11/h3-5,10,12,17-18H,6-9H2,1-2H3. The zero-order valence-electron chi connectivity index (χ0n) is 11.3. The van der Waals surface area contributed by atoms with Crippen LogP contribution in [0.15, 0.2) is 18.2 Å². The van der Waals surface area contributed by atoms with Crippen molar-refractivity contribution < 1.29 is 18.6 Å². The quantitative estimate of drug-likeness (QED) is 0.762. The molecule has 0 fully saturated rings. The van der Waals surface area contributed by atoms with Gasteiger partial charge in [-0.1, -0.05) is 19.9 Å². The lowest BCUT2D eigenvalue weighted by Gasteiger charge is -2.13. The van der Waals surface area contributed by atoms with Gasteiger partial charge in [0.1, 0.15) is 0 Å². The maximum Gasteiger partial charge on any atom is 0.159 e. The Morgan fingerprint density at radius 2 is 1.95 bits per heavy atom. The summed E-state index contributed by atoms with van der Waals surface area (Å²) in [4.78, 5) is 0. The average Bonchev–Trinajstić information content (AvgIpc) is 2.33. The fourth-order valence-corrected chi connectivity index (χ4v) is 1.53. The Kier molecular flexibility index (Phi) is 6.91. The third kappa shape index (κ3) is 6.61. The van der Waals surface area contributed by atoms with Crippen LogP contribution in [0, 0.1) is 17.6 Å². The fraction of sp³-hybridized carbons (Fsp3) is 0.571. The van der Waals surface area contributed by atoms with E-state index in [4.69, 9.17) is 4.74 Å². The van der Waals surface area contributed by atoms with Gasteiger partial charge < -0.3 is 15.2 Å². The lowest BCUT2D eigenvalue weighted by molar-refractivity contribution is 0.0260. The monoisotopic (exact) mass is 273 g/mol. The molecule has 1 aromatic rings. The van der Waals surface area contributed by atoms with Crippen LogP contribution < -0.4 is 5.32 Å². The average molecular weight is 273 g/mol. The Morgan fingerprint density at radius 1 is 1.21 bits per heavy atom. The van der Waals surface area contributed by atoms with Crippen LogP contribution in [0.2, 0.25) is 0 Å². The van der Waals surface area contributed by atoms with E-state index in [1.54, 1.807) is 0 Å². The highest BCUT2D eigenvalue weighted by atomic mass is 19.2. The maximum absolute atomic E-state index is 12.9. The molecule has 0 spiro atoms. The number of hydrogen-bond donors (Lipinski definition) is 2. The smallest absolute Gasteiger partial charge is 0.159 e. The molecule has 0 saturated heterocycles. The Bertz CT molecular complexity index is 386. The number of aliphatic hydroxyl groups excluding tert-OH is 1. The summed E-state index contributed by atoms with van der Waals surface area (Å²) < 4.78 is 30.9. The zero-order chi connectivity index (χ0) is 14.3. The molecule has 1 rings (SSSR count). The number of rotatable bonds is 8. The number of benzene rings is 1. The van der Waals surface area contributed by atoms with E-state index in [0.717, 1.165) is 12.1 Å². The topological polar surface area (TPSA) is 41.5 Å². The Hall–Kier alpha value is -1.04. The zero-order valence-corrected chi connectivity index (χ0v) is 11.3. The van der Waals surface area contributed by atoms with Gasteiger partial charge in [-0.25, -0.2) is 8.78 Å². The molecule has 0 bridgehead atoms. The van der Waals surface area contributed by atoms with Crippen molar-refractivity contribution in [3.63, 3.8) is 0 Å². The van der Waals surface area contributed by atoms with Crippen molar-refractivity contribution >= 4 is 0 Å².